The van der Waals surface area contributed by atoms with E-state index in [-0.39, 0.29) is 11.4 Å². The van der Waals surface area contributed by atoms with Gasteiger partial charge in [-0.2, -0.15) is 5.26 Å². The quantitative estimate of drug-likeness (QED) is 0.666. The Morgan fingerprint density at radius 3 is 2.82 bits per heavy atom. The summed E-state index contributed by atoms with van der Waals surface area (Å²) in [6.45, 7) is 4.43. The van der Waals surface area contributed by atoms with Crippen molar-refractivity contribution in [2.24, 2.45) is 5.92 Å². The largest absolute Gasteiger partial charge is 0.370 e. The molecule has 1 N–H and O–H groups in total. The maximum Gasteiger partial charge on any atom is 0.126 e. The number of hydrogen-bond donors (Lipinski definition) is 1. The van der Waals surface area contributed by atoms with Crippen molar-refractivity contribution in [3.63, 3.8) is 0 Å². The Kier molecular flexibility index (Phi) is 2.80. The van der Waals surface area contributed by atoms with Crippen LogP contribution in [-0.4, -0.2) is 35.0 Å². The molecule has 0 fully saturated rings. The lowest BCUT2D eigenvalue weighted by Gasteiger charge is -2.41. The van der Waals surface area contributed by atoms with Crippen LogP contribution in [0.15, 0.2) is 11.1 Å². The summed E-state index contributed by atoms with van der Waals surface area (Å²) in [7, 11) is 1.73. The van der Waals surface area contributed by atoms with Crippen LogP contribution >= 0.6 is 12.2 Å². The molecule has 0 aromatic carbocycles. The number of nitriles is 1. The van der Waals surface area contributed by atoms with Crippen LogP contribution in [0.4, 0.5) is 0 Å². The van der Waals surface area contributed by atoms with E-state index in [0.717, 1.165) is 11.1 Å². The van der Waals surface area contributed by atoms with Crippen molar-refractivity contribution in [1.29, 1.82) is 10.7 Å². The van der Waals surface area contributed by atoms with E-state index >= 15 is 0 Å². The molecule has 2 aliphatic rings. The minimum atomic E-state index is -0.482. The summed E-state index contributed by atoms with van der Waals surface area (Å²) in [4.78, 5) is 2.22. The molecular formula is C12H15N3OS. The van der Waals surface area contributed by atoms with Crippen molar-refractivity contribution in [1.82, 2.24) is 4.90 Å². The second kappa shape index (κ2) is 3.90. The molecule has 1 unspecified atom stereocenters. The number of nitrogens with one attached hydrogen (secondary N) is 1. The van der Waals surface area contributed by atoms with Crippen LogP contribution in [0.5, 0.6) is 0 Å². The van der Waals surface area contributed by atoms with Crippen molar-refractivity contribution < 1.29 is 4.74 Å². The Balaban J connectivity index is 2.51. The summed E-state index contributed by atoms with van der Waals surface area (Å²) < 4.78 is 5.73. The standard InChI is InChI=1S/C12H15N3OS/c1-12(2)4-7-8(5-13)10(14)15(3)11(17)9(7)6-16-12/h8,14H,4,6H2,1-3H3. The lowest BCUT2D eigenvalue weighted by molar-refractivity contribution is -0.0139. The lowest BCUT2D eigenvalue weighted by Crippen LogP contribution is -2.47. The van der Waals surface area contributed by atoms with E-state index in [1.807, 2.05) is 13.8 Å². The van der Waals surface area contributed by atoms with Crippen molar-refractivity contribution in [2.45, 2.75) is 25.9 Å². The van der Waals surface area contributed by atoms with Gasteiger partial charge in [0.05, 0.1) is 18.3 Å². The predicted molar refractivity (Wildman–Crippen MR) is 68.9 cm³/mol. The zero-order valence-corrected chi connectivity index (χ0v) is 11.0. The van der Waals surface area contributed by atoms with Crippen LogP contribution < -0.4 is 0 Å². The maximum atomic E-state index is 9.24. The van der Waals surface area contributed by atoms with Crippen LogP contribution in [-0.2, 0) is 4.74 Å². The smallest absolute Gasteiger partial charge is 0.126 e. The van der Waals surface area contributed by atoms with Gasteiger partial charge in [-0.25, -0.2) is 0 Å². The van der Waals surface area contributed by atoms with E-state index in [1.54, 1.807) is 11.9 Å². The molecule has 0 saturated carbocycles. The first-order valence-electron chi connectivity index (χ1n) is 5.49. The molecule has 0 spiro atoms. The second-order valence-corrected chi connectivity index (χ2v) is 5.43. The number of likely N-dealkylation sites (N-methyl/N-ethyl adjacent to an activating group) is 1. The van der Waals surface area contributed by atoms with Gasteiger partial charge in [0.2, 0.25) is 0 Å². The van der Waals surface area contributed by atoms with E-state index in [4.69, 9.17) is 22.4 Å². The Morgan fingerprint density at radius 2 is 2.24 bits per heavy atom. The highest BCUT2D eigenvalue weighted by Gasteiger charge is 2.40. The highest BCUT2D eigenvalue weighted by molar-refractivity contribution is 7.80. The first-order chi connectivity index (χ1) is 7.87. The predicted octanol–water partition coefficient (Wildman–Crippen LogP) is 1.87. The number of rotatable bonds is 0. The number of ether oxygens (including phenoxy) is 1. The van der Waals surface area contributed by atoms with E-state index in [1.165, 1.54) is 0 Å². The fraction of sp³-hybridized carbons (Fsp3) is 0.583. The number of nitrogens with zero attached hydrogens (tertiary/aromatic N) is 2. The van der Waals surface area contributed by atoms with Gasteiger partial charge in [0.25, 0.3) is 0 Å². The summed E-state index contributed by atoms with van der Waals surface area (Å²) in [5, 5.41) is 17.2. The molecule has 0 amide bonds. The fourth-order valence-electron chi connectivity index (χ4n) is 2.26. The van der Waals surface area contributed by atoms with Gasteiger partial charge >= 0.3 is 0 Å². The molecule has 5 heteroatoms. The van der Waals surface area contributed by atoms with Crippen LogP contribution in [0, 0.1) is 22.7 Å². The zero-order chi connectivity index (χ0) is 12.8. The Hall–Kier alpha value is -1.25. The molecule has 2 heterocycles. The number of hydrogen-bond acceptors (Lipinski definition) is 4. The van der Waals surface area contributed by atoms with Crippen LogP contribution in [0.1, 0.15) is 20.3 Å². The van der Waals surface area contributed by atoms with Gasteiger partial charge in [-0.3, -0.25) is 5.41 Å². The van der Waals surface area contributed by atoms with Gasteiger partial charge < -0.3 is 9.64 Å². The molecule has 0 saturated heterocycles. The monoisotopic (exact) mass is 249 g/mol. The van der Waals surface area contributed by atoms with Gasteiger partial charge in [-0.15, -0.1) is 0 Å². The van der Waals surface area contributed by atoms with Crippen molar-refractivity contribution in [3.8, 4) is 6.07 Å². The summed E-state index contributed by atoms with van der Waals surface area (Å²) in [5.41, 5.74) is 1.61. The molecule has 90 valence electrons. The van der Waals surface area contributed by atoms with Gasteiger partial charge in [-0.1, -0.05) is 12.2 Å². The SMILES string of the molecule is CN1C(=N)C(C#N)C2=C(COC(C)(C)C2)C1=S. The van der Waals surface area contributed by atoms with Crippen LogP contribution in [0.3, 0.4) is 0 Å². The third-order valence-electron chi connectivity index (χ3n) is 3.29. The first kappa shape index (κ1) is 12.2. The highest BCUT2D eigenvalue weighted by Crippen LogP contribution is 2.37. The molecule has 4 nitrogen and oxygen atoms in total. The topological polar surface area (TPSA) is 60.1 Å². The molecule has 0 aliphatic carbocycles. The van der Waals surface area contributed by atoms with Gasteiger partial charge in [-0.05, 0) is 25.8 Å². The average Bonchev–Trinajstić information content (AvgIpc) is 2.26. The van der Waals surface area contributed by atoms with Crippen molar-refractivity contribution >= 4 is 23.0 Å². The molecule has 2 rings (SSSR count). The molecule has 0 bridgehead atoms. The zero-order valence-electron chi connectivity index (χ0n) is 10.2. The number of thiocarbonyl (C=S) groups is 1. The summed E-state index contributed by atoms with van der Waals surface area (Å²) in [6.07, 6.45) is 0.664. The Bertz CT molecular complexity index is 473. The molecular weight excluding hydrogens is 234 g/mol. The lowest BCUT2D eigenvalue weighted by atomic mass is 9.81. The highest BCUT2D eigenvalue weighted by atomic mass is 32.1. The molecule has 0 aromatic heterocycles. The maximum absolute atomic E-state index is 9.24. The van der Waals surface area contributed by atoms with Crippen molar-refractivity contribution in [2.75, 3.05) is 13.7 Å². The van der Waals surface area contributed by atoms with Gasteiger partial charge in [0.1, 0.15) is 16.7 Å². The molecule has 0 radical (unpaired) electrons. The van der Waals surface area contributed by atoms with E-state index in [9.17, 15) is 5.26 Å². The number of amidine groups is 1. The van der Waals surface area contributed by atoms with E-state index in [2.05, 4.69) is 6.07 Å². The minimum absolute atomic E-state index is 0.272. The Morgan fingerprint density at radius 1 is 1.59 bits per heavy atom. The van der Waals surface area contributed by atoms with Gasteiger partial charge in [0, 0.05) is 12.6 Å². The third kappa shape index (κ3) is 1.88. The molecule has 0 aromatic rings. The third-order valence-corrected chi connectivity index (χ3v) is 3.81. The normalized spacial score (nSPS) is 27.9. The molecule has 17 heavy (non-hydrogen) atoms. The fourth-order valence-corrected chi connectivity index (χ4v) is 2.55. The van der Waals surface area contributed by atoms with Crippen LogP contribution in [0.2, 0.25) is 0 Å². The van der Waals surface area contributed by atoms with Crippen molar-refractivity contribution in [3.05, 3.63) is 11.1 Å². The molecule has 2 aliphatic heterocycles. The average molecular weight is 249 g/mol. The summed E-state index contributed by atoms with van der Waals surface area (Å²) >= 11 is 5.32. The second-order valence-electron chi connectivity index (χ2n) is 5.04. The summed E-state index contributed by atoms with van der Waals surface area (Å²) in [6, 6.07) is 2.20. The molecule has 1 atom stereocenters. The first-order valence-corrected chi connectivity index (χ1v) is 5.90. The van der Waals surface area contributed by atoms with Gasteiger partial charge in [0.15, 0.2) is 0 Å². The van der Waals surface area contributed by atoms with E-state index in [0.29, 0.717) is 18.0 Å². The minimum Gasteiger partial charge on any atom is -0.370 e. The Labute approximate surface area is 106 Å². The van der Waals surface area contributed by atoms with Crippen LogP contribution in [0.25, 0.3) is 0 Å². The summed E-state index contributed by atoms with van der Waals surface area (Å²) in [5.74, 6) is -0.209. The van der Waals surface area contributed by atoms with E-state index < -0.39 is 5.92 Å².